The molecule has 0 spiro atoms. The highest BCUT2D eigenvalue weighted by atomic mass is 79.9. The van der Waals surface area contributed by atoms with E-state index >= 15 is 0 Å². The number of nitrogens with one attached hydrogen (secondary N) is 1. The van der Waals surface area contributed by atoms with E-state index in [0.717, 1.165) is 15.6 Å². The number of pyridine rings is 1. The topological polar surface area (TPSA) is 77.0 Å². The standard InChI is InChI=1S/C13H14BrClN4/c14-9-1-2-12(16)10(6-9)13(19-17)5-8-3-4-18-7-11(8)15/h1-4,6-7,13,19H,5,16-17H2. The van der Waals surface area contributed by atoms with Gasteiger partial charge in [0.15, 0.2) is 0 Å². The Morgan fingerprint density at radius 1 is 1.37 bits per heavy atom. The molecule has 0 radical (unpaired) electrons. The zero-order valence-electron chi connectivity index (χ0n) is 10.1. The lowest BCUT2D eigenvalue weighted by molar-refractivity contribution is 0.553. The van der Waals surface area contributed by atoms with Crippen LogP contribution in [-0.2, 0) is 6.42 Å². The largest absolute Gasteiger partial charge is 0.398 e. The monoisotopic (exact) mass is 340 g/mol. The predicted octanol–water partition coefficient (Wildman–Crippen LogP) is 2.83. The Kier molecular flexibility index (Phi) is 4.76. The van der Waals surface area contributed by atoms with Gasteiger partial charge in [-0.3, -0.25) is 16.3 Å². The molecule has 0 saturated carbocycles. The zero-order chi connectivity index (χ0) is 13.8. The molecule has 2 rings (SSSR count). The number of nitrogens with two attached hydrogens (primary N) is 2. The molecular formula is C13H14BrClN4. The fourth-order valence-electron chi connectivity index (χ4n) is 1.90. The molecule has 0 aliphatic carbocycles. The second-order valence-electron chi connectivity index (χ2n) is 4.16. The molecule has 1 unspecified atom stereocenters. The summed E-state index contributed by atoms with van der Waals surface area (Å²) in [5.41, 5.74) is 11.4. The van der Waals surface area contributed by atoms with Gasteiger partial charge in [0.05, 0.1) is 11.1 Å². The Bertz CT molecular complexity index is 576. The number of nitrogen functional groups attached to an aromatic ring is 1. The summed E-state index contributed by atoms with van der Waals surface area (Å²) in [5, 5.41) is 0.622. The van der Waals surface area contributed by atoms with Gasteiger partial charge in [0.25, 0.3) is 0 Å². The Morgan fingerprint density at radius 2 is 2.16 bits per heavy atom. The van der Waals surface area contributed by atoms with E-state index in [9.17, 15) is 0 Å². The van der Waals surface area contributed by atoms with Gasteiger partial charge in [-0.2, -0.15) is 0 Å². The Labute approximate surface area is 125 Å². The quantitative estimate of drug-likeness (QED) is 0.454. The van der Waals surface area contributed by atoms with Gasteiger partial charge in [-0.15, -0.1) is 0 Å². The van der Waals surface area contributed by atoms with Gasteiger partial charge in [0.2, 0.25) is 0 Å². The molecule has 1 atom stereocenters. The van der Waals surface area contributed by atoms with Crippen LogP contribution in [0.5, 0.6) is 0 Å². The van der Waals surface area contributed by atoms with Crippen molar-refractivity contribution in [3.8, 4) is 0 Å². The van der Waals surface area contributed by atoms with Crippen molar-refractivity contribution in [2.24, 2.45) is 5.84 Å². The number of halogens is 2. The van der Waals surface area contributed by atoms with Crippen molar-refractivity contribution in [2.45, 2.75) is 12.5 Å². The Balaban J connectivity index is 2.30. The summed E-state index contributed by atoms with van der Waals surface area (Å²) in [7, 11) is 0. The van der Waals surface area contributed by atoms with Crippen molar-refractivity contribution >= 4 is 33.2 Å². The molecule has 0 aliphatic rings. The average Bonchev–Trinajstić information content (AvgIpc) is 2.41. The minimum absolute atomic E-state index is 0.114. The second-order valence-corrected chi connectivity index (χ2v) is 5.49. The van der Waals surface area contributed by atoms with Crippen molar-refractivity contribution in [3.05, 3.63) is 57.3 Å². The fourth-order valence-corrected chi connectivity index (χ4v) is 2.47. The third-order valence-corrected chi connectivity index (χ3v) is 3.74. The third kappa shape index (κ3) is 3.45. The number of anilines is 1. The summed E-state index contributed by atoms with van der Waals surface area (Å²) in [6.07, 6.45) is 3.96. The molecule has 0 fully saturated rings. The molecule has 100 valence electrons. The number of aromatic nitrogens is 1. The Hall–Kier alpha value is -1.14. The van der Waals surface area contributed by atoms with E-state index in [1.807, 2.05) is 24.3 Å². The maximum absolute atomic E-state index is 6.11. The van der Waals surface area contributed by atoms with Crippen molar-refractivity contribution in [1.29, 1.82) is 0 Å². The molecule has 0 saturated heterocycles. The lowest BCUT2D eigenvalue weighted by atomic mass is 9.98. The van der Waals surface area contributed by atoms with Crippen LogP contribution >= 0.6 is 27.5 Å². The van der Waals surface area contributed by atoms with Gasteiger partial charge < -0.3 is 5.73 Å². The molecular weight excluding hydrogens is 328 g/mol. The molecule has 1 aromatic heterocycles. The van der Waals surface area contributed by atoms with Crippen LogP contribution in [0.3, 0.4) is 0 Å². The van der Waals surface area contributed by atoms with Crippen LogP contribution in [-0.4, -0.2) is 4.98 Å². The zero-order valence-corrected chi connectivity index (χ0v) is 12.4. The first kappa shape index (κ1) is 14.3. The summed E-state index contributed by atoms with van der Waals surface area (Å²) in [6, 6.07) is 7.46. The maximum atomic E-state index is 6.11. The highest BCUT2D eigenvalue weighted by Crippen LogP contribution is 2.28. The lowest BCUT2D eigenvalue weighted by Gasteiger charge is -2.19. The minimum atomic E-state index is -0.114. The number of nitrogens with zero attached hydrogens (tertiary/aromatic N) is 1. The van der Waals surface area contributed by atoms with E-state index in [1.54, 1.807) is 12.4 Å². The van der Waals surface area contributed by atoms with Crippen LogP contribution < -0.4 is 17.0 Å². The van der Waals surface area contributed by atoms with E-state index in [1.165, 1.54) is 0 Å². The molecule has 1 heterocycles. The summed E-state index contributed by atoms with van der Waals surface area (Å²) in [4.78, 5) is 3.97. The minimum Gasteiger partial charge on any atom is -0.398 e. The predicted molar refractivity (Wildman–Crippen MR) is 81.6 cm³/mol. The van der Waals surface area contributed by atoms with Gasteiger partial charge in [-0.05, 0) is 41.8 Å². The second kappa shape index (κ2) is 6.34. The van der Waals surface area contributed by atoms with Crippen LogP contribution in [0.25, 0.3) is 0 Å². The van der Waals surface area contributed by atoms with E-state index in [-0.39, 0.29) is 6.04 Å². The van der Waals surface area contributed by atoms with E-state index in [0.29, 0.717) is 17.1 Å². The van der Waals surface area contributed by atoms with Gasteiger partial charge in [-0.1, -0.05) is 27.5 Å². The SMILES string of the molecule is NNC(Cc1ccncc1Cl)c1cc(Br)ccc1N. The first-order valence-electron chi connectivity index (χ1n) is 5.71. The van der Waals surface area contributed by atoms with Crippen molar-refractivity contribution in [1.82, 2.24) is 10.4 Å². The summed E-state index contributed by atoms with van der Waals surface area (Å²) in [5.74, 6) is 5.64. The first-order valence-corrected chi connectivity index (χ1v) is 6.88. The van der Waals surface area contributed by atoms with E-state index in [4.69, 9.17) is 23.2 Å². The summed E-state index contributed by atoms with van der Waals surface area (Å²) < 4.78 is 0.956. The van der Waals surface area contributed by atoms with Gasteiger partial charge in [-0.25, -0.2) is 0 Å². The van der Waals surface area contributed by atoms with Crippen molar-refractivity contribution in [2.75, 3.05) is 5.73 Å². The number of rotatable bonds is 4. The van der Waals surface area contributed by atoms with Gasteiger partial charge >= 0.3 is 0 Å². The smallest absolute Gasteiger partial charge is 0.0622 e. The molecule has 0 amide bonds. The van der Waals surface area contributed by atoms with E-state index < -0.39 is 0 Å². The number of hydrazine groups is 1. The lowest BCUT2D eigenvalue weighted by Crippen LogP contribution is -2.30. The Morgan fingerprint density at radius 3 is 2.84 bits per heavy atom. The molecule has 1 aromatic carbocycles. The normalized spacial score (nSPS) is 12.4. The third-order valence-electron chi connectivity index (χ3n) is 2.91. The first-order chi connectivity index (χ1) is 9.11. The van der Waals surface area contributed by atoms with Crippen LogP contribution in [0.4, 0.5) is 5.69 Å². The highest BCUT2D eigenvalue weighted by Gasteiger charge is 2.15. The highest BCUT2D eigenvalue weighted by molar-refractivity contribution is 9.10. The molecule has 5 N–H and O–H groups in total. The molecule has 0 aliphatic heterocycles. The molecule has 4 nitrogen and oxygen atoms in total. The van der Waals surface area contributed by atoms with Gasteiger partial charge in [0.1, 0.15) is 0 Å². The van der Waals surface area contributed by atoms with Crippen LogP contribution in [0.15, 0.2) is 41.1 Å². The van der Waals surface area contributed by atoms with Crippen LogP contribution in [0.1, 0.15) is 17.2 Å². The van der Waals surface area contributed by atoms with Crippen LogP contribution in [0, 0.1) is 0 Å². The molecule has 6 heteroatoms. The number of benzene rings is 1. The van der Waals surface area contributed by atoms with Crippen LogP contribution in [0.2, 0.25) is 5.02 Å². The van der Waals surface area contributed by atoms with Crippen molar-refractivity contribution in [3.63, 3.8) is 0 Å². The average molecular weight is 342 g/mol. The maximum Gasteiger partial charge on any atom is 0.0622 e. The molecule has 19 heavy (non-hydrogen) atoms. The molecule has 2 aromatic rings. The summed E-state index contributed by atoms with van der Waals surface area (Å²) in [6.45, 7) is 0. The number of hydrogen-bond acceptors (Lipinski definition) is 4. The van der Waals surface area contributed by atoms with Gasteiger partial charge in [0, 0.05) is 22.6 Å². The fraction of sp³-hybridized carbons (Fsp3) is 0.154. The molecule has 0 bridgehead atoms. The number of hydrogen-bond donors (Lipinski definition) is 3. The summed E-state index contributed by atoms with van der Waals surface area (Å²) >= 11 is 9.55. The van der Waals surface area contributed by atoms with E-state index in [2.05, 4.69) is 26.3 Å². The van der Waals surface area contributed by atoms with Crippen molar-refractivity contribution < 1.29 is 0 Å².